The second-order valence-corrected chi connectivity index (χ2v) is 5.06. The van der Waals surface area contributed by atoms with Crippen LogP contribution < -0.4 is 15.2 Å². The largest absolute Gasteiger partial charge is 0.497 e. The highest BCUT2D eigenvalue weighted by atomic mass is 16.5. The summed E-state index contributed by atoms with van der Waals surface area (Å²) in [5.74, 6) is 1.50. The topological polar surface area (TPSA) is 62.3 Å². The molecule has 1 aromatic heterocycles. The van der Waals surface area contributed by atoms with Crippen molar-refractivity contribution in [1.29, 1.82) is 0 Å². The van der Waals surface area contributed by atoms with Crippen molar-refractivity contribution in [2.24, 2.45) is 12.8 Å². The van der Waals surface area contributed by atoms with E-state index >= 15 is 0 Å². The lowest BCUT2D eigenvalue weighted by molar-refractivity contribution is 0.392. The second kappa shape index (κ2) is 6.63. The van der Waals surface area contributed by atoms with Crippen LogP contribution in [0.15, 0.2) is 24.3 Å². The third kappa shape index (κ3) is 3.55. The first-order valence-corrected chi connectivity index (χ1v) is 7.07. The Labute approximate surface area is 125 Å². The van der Waals surface area contributed by atoms with Gasteiger partial charge >= 0.3 is 0 Å². The van der Waals surface area contributed by atoms with E-state index < -0.39 is 0 Å². The summed E-state index contributed by atoms with van der Waals surface area (Å²) in [6.45, 7) is 2.10. The Morgan fingerprint density at radius 2 is 1.76 bits per heavy atom. The van der Waals surface area contributed by atoms with E-state index in [0.29, 0.717) is 0 Å². The lowest BCUT2D eigenvalue weighted by Gasteiger charge is -2.15. The van der Waals surface area contributed by atoms with Gasteiger partial charge in [0.05, 0.1) is 19.9 Å². The number of aryl methyl sites for hydroxylation is 2. The zero-order valence-corrected chi connectivity index (χ0v) is 13.1. The molecule has 5 heteroatoms. The Kier molecular flexibility index (Phi) is 4.85. The molecule has 0 fully saturated rings. The average molecular weight is 289 g/mol. The number of ether oxygens (including phenoxy) is 2. The van der Waals surface area contributed by atoms with Crippen LogP contribution >= 0.6 is 0 Å². The van der Waals surface area contributed by atoms with Crippen molar-refractivity contribution in [1.82, 2.24) is 9.78 Å². The smallest absolute Gasteiger partial charge is 0.122 e. The van der Waals surface area contributed by atoms with Crippen LogP contribution in [0.2, 0.25) is 0 Å². The van der Waals surface area contributed by atoms with Gasteiger partial charge in [-0.1, -0.05) is 6.92 Å². The molecular formula is C16H23N3O2. The summed E-state index contributed by atoms with van der Waals surface area (Å²) in [5, 5.41) is 4.46. The highest BCUT2D eigenvalue weighted by Gasteiger charge is 2.13. The lowest BCUT2D eigenvalue weighted by atomic mass is 10.0. The lowest BCUT2D eigenvalue weighted by Crippen LogP contribution is -2.15. The first-order chi connectivity index (χ1) is 10.1. The van der Waals surface area contributed by atoms with Gasteiger partial charge in [-0.05, 0) is 30.2 Å². The zero-order chi connectivity index (χ0) is 15.4. The van der Waals surface area contributed by atoms with Crippen molar-refractivity contribution in [2.75, 3.05) is 14.2 Å². The van der Waals surface area contributed by atoms with Gasteiger partial charge in [0.2, 0.25) is 0 Å². The zero-order valence-electron chi connectivity index (χ0n) is 13.1. The van der Waals surface area contributed by atoms with E-state index in [-0.39, 0.29) is 6.04 Å². The Bertz CT molecular complexity index is 585. The third-order valence-electron chi connectivity index (χ3n) is 3.62. The fraction of sp³-hybridized carbons (Fsp3) is 0.438. The van der Waals surface area contributed by atoms with Crippen LogP contribution in [-0.4, -0.2) is 24.0 Å². The van der Waals surface area contributed by atoms with E-state index in [1.54, 1.807) is 14.2 Å². The maximum absolute atomic E-state index is 6.34. The molecule has 2 N–H and O–H groups in total. The van der Waals surface area contributed by atoms with Crippen LogP contribution in [0.3, 0.4) is 0 Å². The number of nitrogens with two attached hydrogens (primary N) is 1. The maximum Gasteiger partial charge on any atom is 0.122 e. The first-order valence-electron chi connectivity index (χ1n) is 7.07. The first kappa shape index (κ1) is 15.4. The van der Waals surface area contributed by atoms with Crippen LogP contribution in [0.25, 0.3) is 0 Å². The molecule has 0 amide bonds. The predicted molar refractivity (Wildman–Crippen MR) is 82.8 cm³/mol. The van der Waals surface area contributed by atoms with E-state index in [2.05, 4.69) is 18.1 Å². The molecule has 0 saturated heterocycles. The number of aromatic nitrogens is 2. The SMILES string of the molecule is CCc1cc(CC(N)c2cc(OC)cc(OC)c2)n(C)n1. The van der Waals surface area contributed by atoms with Gasteiger partial charge in [-0.25, -0.2) is 0 Å². The number of methoxy groups -OCH3 is 2. The standard InChI is InChI=1S/C16H23N3O2/c1-5-12-8-13(19(2)18-12)9-16(17)11-6-14(20-3)10-15(7-11)21-4/h6-8,10,16H,5,9,17H2,1-4H3. The van der Waals surface area contributed by atoms with Crippen molar-refractivity contribution >= 4 is 0 Å². The summed E-state index contributed by atoms with van der Waals surface area (Å²) in [6.07, 6.45) is 1.65. The number of nitrogens with zero attached hydrogens (tertiary/aromatic N) is 2. The van der Waals surface area contributed by atoms with Crippen molar-refractivity contribution in [3.05, 3.63) is 41.2 Å². The van der Waals surface area contributed by atoms with Gasteiger partial charge in [0.1, 0.15) is 11.5 Å². The summed E-state index contributed by atoms with van der Waals surface area (Å²) < 4.78 is 12.5. The summed E-state index contributed by atoms with van der Waals surface area (Å²) in [5.41, 5.74) is 9.54. The van der Waals surface area contributed by atoms with Gasteiger partial charge in [0.25, 0.3) is 0 Å². The van der Waals surface area contributed by atoms with Crippen LogP contribution in [0.1, 0.15) is 29.9 Å². The van der Waals surface area contributed by atoms with Gasteiger partial charge in [0.15, 0.2) is 0 Å². The van der Waals surface area contributed by atoms with E-state index in [1.165, 1.54) is 0 Å². The molecule has 1 aromatic carbocycles. The average Bonchev–Trinajstić information content (AvgIpc) is 2.86. The minimum Gasteiger partial charge on any atom is -0.497 e. The number of hydrogen-bond donors (Lipinski definition) is 1. The predicted octanol–water partition coefficient (Wildman–Crippen LogP) is 2.24. The van der Waals surface area contributed by atoms with Crippen LogP contribution in [0, 0.1) is 0 Å². The molecule has 0 bridgehead atoms. The quantitative estimate of drug-likeness (QED) is 0.886. The molecule has 1 heterocycles. The molecule has 2 rings (SSSR count). The molecule has 0 spiro atoms. The highest BCUT2D eigenvalue weighted by Crippen LogP contribution is 2.27. The molecule has 0 aliphatic heterocycles. The molecule has 0 saturated carbocycles. The van der Waals surface area contributed by atoms with E-state index in [4.69, 9.17) is 15.2 Å². The third-order valence-corrected chi connectivity index (χ3v) is 3.62. The van der Waals surface area contributed by atoms with E-state index in [1.807, 2.05) is 29.9 Å². The highest BCUT2D eigenvalue weighted by molar-refractivity contribution is 5.40. The van der Waals surface area contributed by atoms with Crippen molar-refractivity contribution in [3.63, 3.8) is 0 Å². The fourth-order valence-corrected chi connectivity index (χ4v) is 2.32. The van der Waals surface area contributed by atoms with Gasteiger partial charge < -0.3 is 15.2 Å². The Hall–Kier alpha value is -2.01. The monoisotopic (exact) mass is 289 g/mol. The second-order valence-electron chi connectivity index (χ2n) is 5.06. The molecule has 0 aliphatic carbocycles. The fourth-order valence-electron chi connectivity index (χ4n) is 2.32. The van der Waals surface area contributed by atoms with Crippen LogP contribution in [0.4, 0.5) is 0 Å². The molecule has 21 heavy (non-hydrogen) atoms. The molecule has 2 aromatic rings. The molecule has 0 radical (unpaired) electrons. The normalized spacial score (nSPS) is 12.2. The van der Waals surface area contributed by atoms with Crippen LogP contribution in [0.5, 0.6) is 11.5 Å². The van der Waals surface area contributed by atoms with Crippen LogP contribution in [-0.2, 0) is 19.9 Å². The minimum absolute atomic E-state index is 0.130. The Balaban J connectivity index is 2.22. The number of hydrogen-bond acceptors (Lipinski definition) is 4. The van der Waals surface area contributed by atoms with Gasteiger partial charge in [0, 0.05) is 31.3 Å². The molecule has 114 valence electrons. The molecule has 1 atom stereocenters. The van der Waals surface area contributed by atoms with Crippen molar-refractivity contribution in [3.8, 4) is 11.5 Å². The van der Waals surface area contributed by atoms with Gasteiger partial charge in [-0.2, -0.15) is 5.10 Å². The summed E-state index contributed by atoms with van der Waals surface area (Å²) >= 11 is 0. The molecule has 1 unspecified atom stereocenters. The molecular weight excluding hydrogens is 266 g/mol. The maximum atomic E-state index is 6.34. The van der Waals surface area contributed by atoms with Gasteiger partial charge in [-0.3, -0.25) is 4.68 Å². The minimum atomic E-state index is -0.130. The number of rotatable bonds is 6. The van der Waals surface area contributed by atoms with E-state index in [0.717, 1.165) is 41.3 Å². The summed E-state index contributed by atoms with van der Waals surface area (Å²) in [6, 6.07) is 7.72. The van der Waals surface area contributed by atoms with Crippen molar-refractivity contribution < 1.29 is 9.47 Å². The number of benzene rings is 1. The summed E-state index contributed by atoms with van der Waals surface area (Å²) in [4.78, 5) is 0. The Morgan fingerprint density at radius 3 is 2.24 bits per heavy atom. The van der Waals surface area contributed by atoms with E-state index in [9.17, 15) is 0 Å². The Morgan fingerprint density at radius 1 is 1.14 bits per heavy atom. The summed E-state index contributed by atoms with van der Waals surface area (Å²) in [7, 11) is 5.23. The molecule has 0 aliphatic rings. The van der Waals surface area contributed by atoms with Gasteiger partial charge in [-0.15, -0.1) is 0 Å². The molecule has 5 nitrogen and oxygen atoms in total. The van der Waals surface area contributed by atoms with Crippen molar-refractivity contribution in [2.45, 2.75) is 25.8 Å².